The van der Waals surface area contributed by atoms with Crippen LogP contribution in [0, 0.1) is 0 Å². The highest BCUT2D eigenvalue weighted by molar-refractivity contribution is 14.0. The van der Waals surface area contributed by atoms with Crippen LogP contribution in [-0.4, -0.2) is 31.1 Å². The van der Waals surface area contributed by atoms with Gasteiger partial charge < -0.3 is 15.4 Å². The van der Waals surface area contributed by atoms with Gasteiger partial charge in [0.1, 0.15) is 0 Å². The fourth-order valence-electron chi connectivity index (χ4n) is 3.28. The van der Waals surface area contributed by atoms with Crippen LogP contribution in [0.2, 0.25) is 0 Å². The maximum Gasteiger partial charge on any atom is 0.191 e. The second-order valence-electron chi connectivity index (χ2n) is 6.48. The molecule has 1 aliphatic rings. The molecule has 1 atom stereocenters. The van der Waals surface area contributed by atoms with Gasteiger partial charge in [-0.1, -0.05) is 30.3 Å². The van der Waals surface area contributed by atoms with E-state index < -0.39 is 0 Å². The summed E-state index contributed by atoms with van der Waals surface area (Å²) in [6.07, 6.45) is 6.51. The molecule has 1 aromatic heterocycles. The smallest absolute Gasteiger partial charge is 0.191 e. The minimum atomic E-state index is 0. The van der Waals surface area contributed by atoms with Gasteiger partial charge in [-0.2, -0.15) is 0 Å². The summed E-state index contributed by atoms with van der Waals surface area (Å²) >= 11 is 0. The number of nitrogens with zero attached hydrogens (tertiary/aromatic N) is 2. The standard InChI is InChI=1S/C21H28N4O.HI/c1-22-21(25-16-18-10-4-5-13-23-18)24-14-7-15-26-20-12-6-9-17-8-2-3-11-19(17)20;/h2-5,8,10-11,13,20H,6-7,9,12,14-16H2,1H3,(H2,22,24,25);1H. The maximum absolute atomic E-state index is 6.14. The fraction of sp³-hybridized carbons (Fsp3) is 0.429. The van der Waals surface area contributed by atoms with Crippen molar-refractivity contribution < 1.29 is 4.74 Å². The normalized spacial score (nSPS) is 16.2. The zero-order chi connectivity index (χ0) is 18.0. The average Bonchev–Trinajstić information content (AvgIpc) is 2.71. The van der Waals surface area contributed by atoms with E-state index in [1.165, 1.54) is 24.0 Å². The lowest BCUT2D eigenvalue weighted by atomic mass is 9.89. The van der Waals surface area contributed by atoms with Gasteiger partial charge in [0.15, 0.2) is 5.96 Å². The van der Waals surface area contributed by atoms with E-state index in [1.807, 2.05) is 18.2 Å². The van der Waals surface area contributed by atoms with Crippen molar-refractivity contribution in [2.75, 3.05) is 20.2 Å². The van der Waals surface area contributed by atoms with Crippen molar-refractivity contribution in [1.29, 1.82) is 0 Å². The van der Waals surface area contributed by atoms with Crippen molar-refractivity contribution in [3.63, 3.8) is 0 Å². The SMILES string of the molecule is CN=C(NCCCOC1CCCc2ccccc21)NCc1ccccn1.I. The van der Waals surface area contributed by atoms with Crippen molar-refractivity contribution in [3.05, 3.63) is 65.5 Å². The van der Waals surface area contributed by atoms with E-state index in [1.54, 1.807) is 13.2 Å². The van der Waals surface area contributed by atoms with E-state index in [0.29, 0.717) is 6.54 Å². The van der Waals surface area contributed by atoms with Crippen LogP contribution in [0.4, 0.5) is 0 Å². The van der Waals surface area contributed by atoms with Gasteiger partial charge in [0.25, 0.3) is 0 Å². The third-order valence-corrected chi connectivity index (χ3v) is 4.63. The van der Waals surface area contributed by atoms with Gasteiger partial charge in [0, 0.05) is 26.4 Å². The summed E-state index contributed by atoms with van der Waals surface area (Å²) in [6, 6.07) is 14.6. The maximum atomic E-state index is 6.14. The molecular weight excluding hydrogens is 451 g/mol. The number of guanidine groups is 1. The van der Waals surface area contributed by atoms with Crippen molar-refractivity contribution in [2.24, 2.45) is 4.99 Å². The summed E-state index contributed by atoms with van der Waals surface area (Å²) < 4.78 is 6.14. The van der Waals surface area contributed by atoms with Crippen molar-refractivity contribution in [3.8, 4) is 0 Å². The predicted molar refractivity (Wildman–Crippen MR) is 121 cm³/mol. The molecule has 5 nitrogen and oxygen atoms in total. The molecule has 146 valence electrons. The molecule has 6 heteroatoms. The molecule has 0 saturated heterocycles. The first-order valence-corrected chi connectivity index (χ1v) is 9.40. The van der Waals surface area contributed by atoms with Crippen LogP contribution in [0.1, 0.15) is 42.2 Å². The molecule has 1 aliphatic carbocycles. The second kappa shape index (κ2) is 11.9. The van der Waals surface area contributed by atoms with Crippen molar-refractivity contribution in [2.45, 2.75) is 38.3 Å². The number of benzene rings is 1. The van der Waals surface area contributed by atoms with Gasteiger partial charge in [-0.3, -0.25) is 9.98 Å². The topological polar surface area (TPSA) is 58.5 Å². The number of rotatable bonds is 7. The number of aryl methyl sites for hydroxylation is 1. The highest BCUT2D eigenvalue weighted by Gasteiger charge is 2.19. The summed E-state index contributed by atoms with van der Waals surface area (Å²) in [4.78, 5) is 8.55. The molecule has 0 saturated carbocycles. The van der Waals surface area contributed by atoms with E-state index in [9.17, 15) is 0 Å². The van der Waals surface area contributed by atoms with Crippen LogP contribution in [0.3, 0.4) is 0 Å². The van der Waals surface area contributed by atoms with Gasteiger partial charge in [0.05, 0.1) is 18.3 Å². The van der Waals surface area contributed by atoms with Crippen LogP contribution in [0.15, 0.2) is 53.7 Å². The Hall–Kier alpha value is -1.67. The molecule has 2 aromatic rings. The largest absolute Gasteiger partial charge is 0.373 e. The molecule has 1 heterocycles. The lowest BCUT2D eigenvalue weighted by Crippen LogP contribution is -2.37. The Balaban J connectivity index is 0.00000261. The molecule has 27 heavy (non-hydrogen) atoms. The Bertz CT molecular complexity index is 708. The molecule has 1 aromatic carbocycles. The molecule has 0 fully saturated rings. The molecule has 0 radical (unpaired) electrons. The molecule has 0 bridgehead atoms. The number of ether oxygens (including phenoxy) is 1. The first-order chi connectivity index (χ1) is 12.9. The molecule has 0 aliphatic heterocycles. The van der Waals surface area contributed by atoms with Gasteiger partial charge >= 0.3 is 0 Å². The summed E-state index contributed by atoms with van der Waals surface area (Å²) in [5.41, 5.74) is 3.82. The summed E-state index contributed by atoms with van der Waals surface area (Å²) in [6.45, 7) is 2.25. The zero-order valence-corrected chi connectivity index (χ0v) is 18.2. The summed E-state index contributed by atoms with van der Waals surface area (Å²) in [5, 5.41) is 6.60. The van der Waals surface area contributed by atoms with Crippen LogP contribution in [-0.2, 0) is 17.7 Å². The zero-order valence-electron chi connectivity index (χ0n) is 15.9. The van der Waals surface area contributed by atoms with Gasteiger partial charge in [0.2, 0.25) is 0 Å². The first-order valence-electron chi connectivity index (χ1n) is 9.40. The van der Waals surface area contributed by atoms with E-state index in [4.69, 9.17) is 4.74 Å². The highest BCUT2D eigenvalue weighted by Crippen LogP contribution is 2.32. The lowest BCUT2D eigenvalue weighted by molar-refractivity contribution is 0.0398. The number of halogens is 1. The fourth-order valence-corrected chi connectivity index (χ4v) is 3.28. The van der Waals surface area contributed by atoms with Gasteiger partial charge in [-0.15, -0.1) is 24.0 Å². The van der Waals surface area contributed by atoms with Crippen LogP contribution in [0.5, 0.6) is 0 Å². The van der Waals surface area contributed by atoms with Crippen molar-refractivity contribution in [1.82, 2.24) is 15.6 Å². The Kier molecular flexibility index (Phi) is 9.55. The van der Waals surface area contributed by atoms with E-state index >= 15 is 0 Å². The van der Waals surface area contributed by atoms with Gasteiger partial charge in [-0.25, -0.2) is 0 Å². The quantitative estimate of drug-likeness (QED) is 0.274. The molecular formula is C21H29IN4O. The molecule has 1 unspecified atom stereocenters. The lowest BCUT2D eigenvalue weighted by Gasteiger charge is -2.25. The molecule has 0 amide bonds. The van der Waals surface area contributed by atoms with Crippen LogP contribution < -0.4 is 10.6 Å². The number of hydrogen-bond donors (Lipinski definition) is 2. The third-order valence-electron chi connectivity index (χ3n) is 4.63. The highest BCUT2D eigenvalue weighted by atomic mass is 127. The number of nitrogens with one attached hydrogen (secondary N) is 2. The van der Waals surface area contributed by atoms with Crippen molar-refractivity contribution >= 4 is 29.9 Å². The number of hydrogen-bond acceptors (Lipinski definition) is 3. The first kappa shape index (κ1) is 21.6. The minimum Gasteiger partial charge on any atom is -0.373 e. The Morgan fingerprint density at radius 1 is 1.19 bits per heavy atom. The van der Waals surface area contributed by atoms with Crippen LogP contribution >= 0.6 is 24.0 Å². The number of pyridine rings is 1. The van der Waals surface area contributed by atoms with E-state index in [-0.39, 0.29) is 30.1 Å². The minimum absolute atomic E-state index is 0. The predicted octanol–water partition coefficient (Wildman–Crippen LogP) is 3.85. The Morgan fingerprint density at radius 2 is 2.04 bits per heavy atom. The number of fused-ring (bicyclic) bond motifs is 1. The Morgan fingerprint density at radius 3 is 2.85 bits per heavy atom. The summed E-state index contributed by atoms with van der Waals surface area (Å²) in [5.74, 6) is 0.790. The third kappa shape index (κ3) is 6.77. The molecule has 2 N–H and O–H groups in total. The number of aromatic nitrogens is 1. The van der Waals surface area contributed by atoms with Crippen LogP contribution in [0.25, 0.3) is 0 Å². The Labute approximate surface area is 179 Å². The second-order valence-corrected chi connectivity index (χ2v) is 6.48. The molecule has 0 spiro atoms. The average molecular weight is 480 g/mol. The van der Waals surface area contributed by atoms with E-state index in [2.05, 4.69) is 44.9 Å². The van der Waals surface area contributed by atoms with Gasteiger partial charge in [-0.05, 0) is 48.9 Å². The monoisotopic (exact) mass is 480 g/mol. The molecule has 3 rings (SSSR count). The number of aliphatic imine (C=N–C) groups is 1. The summed E-state index contributed by atoms with van der Waals surface area (Å²) in [7, 11) is 1.78. The van der Waals surface area contributed by atoms with E-state index in [0.717, 1.165) is 37.6 Å².